The van der Waals surface area contributed by atoms with Crippen LogP contribution in [0, 0.1) is 0 Å². The topological polar surface area (TPSA) is 27.8 Å². The van der Waals surface area contributed by atoms with Crippen LogP contribution in [0.1, 0.15) is 36.9 Å². The molecular weight excluding hydrogens is 196 g/mol. The van der Waals surface area contributed by atoms with Crippen molar-refractivity contribution < 1.29 is 0 Å². The molecule has 0 amide bonds. The summed E-state index contributed by atoms with van der Waals surface area (Å²) < 4.78 is 0. The largest absolute Gasteiger partial charge is 0.357 e. The lowest BCUT2D eigenvalue weighted by atomic mass is 9.89. The summed E-state index contributed by atoms with van der Waals surface area (Å²) in [6, 6.07) is 8.67. The van der Waals surface area contributed by atoms with Gasteiger partial charge in [0.05, 0.1) is 0 Å². The molecule has 2 N–H and O–H groups in total. The molecule has 1 atom stereocenters. The molecule has 2 nitrogen and oxygen atoms in total. The van der Waals surface area contributed by atoms with E-state index in [2.05, 4.69) is 41.5 Å². The molecule has 1 unspecified atom stereocenters. The monoisotopic (exact) mass is 214 g/mol. The number of nitrogens with one attached hydrogen (secondary N) is 2. The Morgan fingerprint density at radius 3 is 3.06 bits per heavy atom. The Morgan fingerprint density at radius 1 is 1.31 bits per heavy atom. The third kappa shape index (κ3) is 1.45. The lowest BCUT2D eigenvalue weighted by Crippen LogP contribution is -2.27. The van der Waals surface area contributed by atoms with Crippen LogP contribution in [0.15, 0.2) is 24.3 Å². The van der Waals surface area contributed by atoms with Crippen molar-refractivity contribution in [2.24, 2.45) is 0 Å². The van der Waals surface area contributed by atoms with E-state index in [1.807, 2.05) is 0 Å². The van der Waals surface area contributed by atoms with Gasteiger partial charge in [0.2, 0.25) is 0 Å². The van der Waals surface area contributed by atoms with E-state index >= 15 is 0 Å². The van der Waals surface area contributed by atoms with Crippen molar-refractivity contribution in [1.29, 1.82) is 0 Å². The van der Waals surface area contributed by atoms with Gasteiger partial charge in [0.1, 0.15) is 0 Å². The Labute approximate surface area is 96.1 Å². The maximum absolute atomic E-state index is 3.54. The first-order chi connectivity index (χ1) is 7.90. The minimum atomic E-state index is 0.685. The van der Waals surface area contributed by atoms with Crippen molar-refractivity contribution in [1.82, 2.24) is 10.3 Å². The smallest absolute Gasteiger partial charge is 0.0459 e. The average molecular weight is 214 g/mol. The van der Waals surface area contributed by atoms with E-state index in [9.17, 15) is 0 Å². The van der Waals surface area contributed by atoms with E-state index in [0.717, 1.165) is 13.1 Å². The molecule has 0 radical (unpaired) electrons. The van der Waals surface area contributed by atoms with Crippen molar-refractivity contribution in [3.05, 3.63) is 35.5 Å². The van der Waals surface area contributed by atoms with E-state index in [1.54, 1.807) is 5.56 Å². The Bertz CT molecular complexity index is 498. The summed E-state index contributed by atoms with van der Waals surface area (Å²) in [6.45, 7) is 4.38. The van der Waals surface area contributed by atoms with Crippen molar-refractivity contribution in [3.8, 4) is 0 Å². The molecule has 1 aromatic heterocycles. The van der Waals surface area contributed by atoms with Crippen LogP contribution in [0.4, 0.5) is 0 Å². The number of benzene rings is 1. The Hall–Kier alpha value is -1.28. The van der Waals surface area contributed by atoms with Crippen LogP contribution >= 0.6 is 0 Å². The fourth-order valence-electron chi connectivity index (χ4n) is 2.89. The van der Waals surface area contributed by atoms with Gasteiger partial charge in [-0.3, -0.25) is 0 Å². The van der Waals surface area contributed by atoms with E-state index < -0.39 is 0 Å². The molecule has 1 aliphatic heterocycles. The van der Waals surface area contributed by atoms with Crippen molar-refractivity contribution >= 4 is 10.9 Å². The fourth-order valence-corrected chi connectivity index (χ4v) is 2.89. The van der Waals surface area contributed by atoms with Gasteiger partial charge < -0.3 is 10.3 Å². The first-order valence-corrected chi connectivity index (χ1v) is 6.20. The van der Waals surface area contributed by atoms with Crippen LogP contribution in [-0.2, 0) is 6.54 Å². The summed E-state index contributed by atoms with van der Waals surface area (Å²) in [5.74, 6) is 0.685. The molecule has 0 fully saturated rings. The molecule has 0 aliphatic carbocycles. The molecule has 0 saturated heterocycles. The summed E-state index contributed by atoms with van der Waals surface area (Å²) in [5.41, 5.74) is 4.25. The summed E-state index contributed by atoms with van der Waals surface area (Å²) in [7, 11) is 0. The standard InChI is InChI=1S/C14H18N2/c1-2-5-10-8-15-9-13-14(10)11-6-3-4-7-12(11)16-13/h3-4,6-7,10,15-16H,2,5,8-9H2,1H3. The van der Waals surface area contributed by atoms with Gasteiger partial charge in [0.25, 0.3) is 0 Å². The van der Waals surface area contributed by atoms with Gasteiger partial charge in [-0.1, -0.05) is 31.5 Å². The van der Waals surface area contributed by atoms with Crippen molar-refractivity contribution in [2.75, 3.05) is 6.54 Å². The van der Waals surface area contributed by atoms with Crippen LogP contribution in [0.25, 0.3) is 10.9 Å². The third-order valence-corrected chi connectivity index (χ3v) is 3.57. The number of hydrogen-bond donors (Lipinski definition) is 2. The van der Waals surface area contributed by atoms with Gasteiger partial charge >= 0.3 is 0 Å². The van der Waals surface area contributed by atoms with Crippen LogP contribution in [0.5, 0.6) is 0 Å². The summed E-state index contributed by atoms with van der Waals surface area (Å²) >= 11 is 0. The highest BCUT2D eigenvalue weighted by Crippen LogP contribution is 2.34. The molecule has 2 heteroatoms. The second kappa shape index (κ2) is 3.95. The van der Waals surface area contributed by atoms with E-state index in [-0.39, 0.29) is 0 Å². The Morgan fingerprint density at radius 2 is 2.19 bits per heavy atom. The van der Waals surface area contributed by atoms with Gasteiger partial charge in [-0.25, -0.2) is 0 Å². The number of aromatic amines is 1. The first-order valence-electron chi connectivity index (χ1n) is 6.20. The summed E-state index contributed by atoms with van der Waals surface area (Å²) in [4.78, 5) is 3.54. The first kappa shape index (κ1) is 9.91. The number of para-hydroxylation sites is 1. The lowest BCUT2D eigenvalue weighted by Gasteiger charge is -2.23. The normalized spacial score (nSPS) is 19.9. The molecule has 1 aliphatic rings. The predicted molar refractivity (Wildman–Crippen MR) is 67.7 cm³/mol. The summed E-state index contributed by atoms with van der Waals surface area (Å²) in [6.07, 6.45) is 2.53. The van der Waals surface area contributed by atoms with Gasteiger partial charge in [-0.2, -0.15) is 0 Å². The zero-order chi connectivity index (χ0) is 11.0. The molecule has 0 spiro atoms. The lowest BCUT2D eigenvalue weighted by molar-refractivity contribution is 0.508. The number of H-pyrrole nitrogens is 1. The minimum absolute atomic E-state index is 0.685. The van der Waals surface area contributed by atoms with Crippen LogP contribution in [0.2, 0.25) is 0 Å². The zero-order valence-corrected chi connectivity index (χ0v) is 9.72. The highest BCUT2D eigenvalue weighted by molar-refractivity contribution is 5.85. The Balaban J connectivity index is 2.16. The van der Waals surface area contributed by atoms with Crippen LogP contribution in [0.3, 0.4) is 0 Å². The van der Waals surface area contributed by atoms with E-state index in [1.165, 1.54) is 29.4 Å². The van der Waals surface area contributed by atoms with Crippen LogP contribution in [-0.4, -0.2) is 11.5 Å². The third-order valence-electron chi connectivity index (χ3n) is 3.57. The average Bonchev–Trinajstić information content (AvgIpc) is 2.68. The number of hydrogen-bond acceptors (Lipinski definition) is 1. The molecule has 3 rings (SSSR count). The van der Waals surface area contributed by atoms with E-state index in [0.29, 0.717) is 5.92 Å². The van der Waals surface area contributed by atoms with Gasteiger partial charge in [0.15, 0.2) is 0 Å². The minimum Gasteiger partial charge on any atom is -0.357 e. The van der Waals surface area contributed by atoms with Crippen molar-refractivity contribution in [3.63, 3.8) is 0 Å². The fraction of sp³-hybridized carbons (Fsp3) is 0.429. The molecule has 84 valence electrons. The molecule has 2 heterocycles. The number of rotatable bonds is 2. The van der Waals surface area contributed by atoms with Crippen molar-refractivity contribution in [2.45, 2.75) is 32.2 Å². The Kier molecular flexibility index (Phi) is 2.44. The predicted octanol–water partition coefficient (Wildman–Crippen LogP) is 3.15. The maximum Gasteiger partial charge on any atom is 0.0459 e. The van der Waals surface area contributed by atoms with E-state index in [4.69, 9.17) is 0 Å². The molecule has 0 bridgehead atoms. The zero-order valence-electron chi connectivity index (χ0n) is 9.72. The molecule has 0 saturated carbocycles. The second-order valence-electron chi connectivity index (χ2n) is 4.68. The molecule has 16 heavy (non-hydrogen) atoms. The number of fused-ring (bicyclic) bond motifs is 3. The number of aromatic nitrogens is 1. The highest BCUT2D eigenvalue weighted by atomic mass is 14.9. The quantitative estimate of drug-likeness (QED) is 0.789. The second-order valence-corrected chi connectivity index (χ2v) is 4.68. The molecular formula is C14H18N2. The molecule has 1 aromatic carbocycles. The van der Waals surface area contributed by atoms with Gasteiger partial charge in [0, 0.05) is 29.7 Å². The SMILES string of the molecule is CCCC1CNCc2[nH]c3ccccc3c21. The maximum atomic E-state index is 3.54. The van der Waals surface area contributed by atoms with Crippen LogP contribution < -0.4 is 5.32 Å². The van der Waals surface area contributed by atoms with Gasteiger partial charge in [-0.05, 0) is 24.0 Å². The highest BCUT2D eigenvalue weighted by Gasteiger charge is 2.23. The van der Waals surface area contributed by atoms with Gasteiger partial charge in [-0.15, -0.1) is 0 Å². The molecule has 2 aromatic rings. The summed E-state index contributed by atoms with van der Waals surface area (Å²) in [5, 5.41) is 4.93.